The van der Waals surface area contributed by atoms with Crippen LogP contribution in [0.2, 0.25) is 0 Å². The first kappa shape index (κ1) is 21.6. The van der Waals surface area contributed by atoms with Crippen LogP contribution >= 0.6 is 0 Å². The molecule has 2 aliphatic rings. The van der Waals surface area contributed by atoms with Gasteiger partial charge in [-0.1, -0.05) is 12.1 Å². The molecule has 2 aromatic heterocycles. The Bertz CT molecular complexity index is 1430. The minimum Gasteiger partial charge on any atom is -0.391 e. The van der Waals surface area contributed by atoms with Crippen molar-refractivity contribution in [3.05, 3.63) is 72.2 Å². The second kappa shape index (κ2) is 8.38. The largest absolute Gasteiger partial charge is 0.391 e. The second-order valence-corrected chi connectivity index (χ2v) is 9.76. The number of hydrogen-bond donors (Lipinski definition) is 1. The summed E-state index contributed by atoms with van der Waals surface area (Å²) < 4.78 is 4.27. The number of benzene rings is 2. The van der Waals surface area contributed by atoms with Gasteiger partial charge in [-0.2, -0.15) is 5.26 Å². The Labute approximate surface area is 204 Å². The molecule has 35 heavy (non-hydrogen) atoms. The van der Waals surface area contributed by atoms with Crippen LogP contribution in [0.4, 0.5) is 5.69 Å². The maximum absolute atomic E-state index is 10.6. The van der Waals surface area contributed by atoms with Gasteiger partial charge >= 0.3 is 0 Å². The van der Waals surface area contributed by atoms with Crippen molar-refractivity contribution in [2.75, 3.05) is 38.6 Å². The zero-order valence-electron chi connectivity index (χ0n) is 19.8. The lowest BCUT2D eigenvalue weighted by Gasteiger charge is -2.21. The number of rotatable bonds is 4. The van der Waals surface area contributed by atoms with E-state index in [1.807, 2.05) is 28.8 Å². The molecule has 6 rings (SSSR count). The van der Waals surface area contributed by atoms with Crippen molar-refractivity contribution in [3.8, 4) is 34.4 Å². The van der Waals surface area contributed by atoms with Crippen LogP contribution in [0.25, 0.3) is 28.3 Å². The lowest BCUT2D eigenvalue weighted by atomic mass is 10.1. The molecular weight excluding hydrogens is 438 g/mol. The molecule has 8 heteroatoms. The number of anilines is 1. The zero-order chi connectivity index (χ0) is 24.1. The van der Waals surface area contributed by atoms with Crippen molar-refractivity contribution >= 4 is 5.69 Å². The highest BCUT2D eigenvalue weighted by Crippen LogP contribution is 2.35. The summed E-state index contributed by atoms with van der Waals surface area (Å²) in [5.74, 6) is 1.04. The van der Waals surface area contributed by atoms with Crippen LogP contribution in [0, 0.1) is 17.2 Å². The third-order valence-electron chi connectivity index (χ3n) is 7.06. The number of nitrogens with zero attached hydrogens (tertiary/aromatic N) is 7. The molecule has 0 saturated carbocycles. The summed E-state index contributed by atoms with van der Waals surface area (Å²) in [6, 6.07) is 18.5. The summed E-state index contributed by atoms with van der Waals surface area (Å²) in [7, 11) is 4.10. The Morgan fingerprint density at radius 2 is 1.91 bits per heavy atom. The third kappa shape index (κ3) is 3.79. The van der Waals surface area contributed by atoms with E-state index in [-0.39, 0.29) is 12.0 Å². The standard InChI is InChI=1S/C27H27N7O/c1-31(2)12-22-15-32(16-26(22)35)23-7-8-24-21(9-23)14-33-13-20(19-5-3-18(11-28)4-6-19)10-25(33)27-30-29-17-34(24)27/h3-10,13,17,22,26,35H,12,14-16H2,1-2H3/t22-,26-/m0/s1. The molecule has 1 fully saturated rings. The van der Waals surface area contributed by atoms with Gasteiger partial charge in [0.15, 0.2) is 5.82 Å². The highest BCUT2D eigenvalue weighted by Gasteiger charge is 2.32. The summed E-state index contributed by atoms with van der Waals surface area (Å²) in [4.78, 5) is 4.43. The zero-order valence-corrected chi connectivity index (χ0v) is 19.8. The number of aromatic nitrogens is 4. The Balaban J connectivity index is 1.36. The Morgan fingerprint density at radius 3 is 2.69 bits per heavy atom. The summed E-state index contributed by atoms with van der Waals surface area (Å²) >= 11 is 0. The van der Waals surface area contributed by atoms with Crippen molar-refractivity contribution in [3.63, 3.8) is 0 Å². The van der Waals surface area contributed by atoms with Gasteiger partial charge in [-0.3, -0.25) is 4.57 Å². The fourth-order valence-electron chi connectivity index (χ4n) is 5.34. The molecule has 2 aromatic carbocycles. The highest BCUT2D eigenvalue weighted by molar-refractivity contribution is 5.72. The molecule has 0 aliphatic carbocycles. The molecule has 0 spiro atoms. The van der Waals surface area contributed by atoms with Crippen molar-refractivity contribution in [2.45, 2.75) is 12.6 Å². The third-order valence-corrected chi connectivity index (χ3v) is 7.06. The maximum Gasteiger partial charge on any atom is 0.185 e. The van der Waals surface area contributed by atoms with Crippen LogP contribution in [0.5, 0.6) is 0 Å². The minimum absolute atomic E-state index is 0.235. The lowest BCUT2D eigenvalue weighted by molar-refractivity contribution is 0.130. The molecule has 176 valence electrons. The fourth-order valence-corrected chi connectivity index (χ4v) is 5.34. The highest BCUT2D eigenvalue weighted by atomic mass is 16.3. The number of aliphatic hydroxyl groups excluding tert-OH is 1. The predicted octanol–water partition coefficient (Wildman–Crippen LogP) is 2.99. The van der Waals surface area contributed by atoms with E-state index in [9.17, 15) is 5.11 Å². The summed E-state index contributed by atoms with van der Waals surface area (Å²) in [6.45, 7) is 3.06. The average molecular weight is 466 g/mol. The van der Waals surface area contributed by atoms with Crippen LogP contribution in [0.15, 0.2) is 61.1 Å². The van der Waals surface area contributed by atoms with Gasteiger partial charge in [0.2, 0.25) is 0 Å². The van der Waals surface area contributed by atoms with E-state index in [1.165, 1.54) is 5.56 Å². The molecule has 4 heterocycles. The quantitative estimate of drug-likeness (QED) is 0.439. The molecule has 0 amide bonds. The van der Waals surface area contributed by atoms with E-state index in [1.54, 1.807) is 6.33 Å². The molecule has 4 aromatic rings. The Kier molecular flexibility index (Phi) is 5.17. The smallest absolute Gasteiger partial charge is 0.185 e. The molecule has 0 radical (unpaired) electrons. The van der Waals surface area contributed by atoms with Gasteiger partial charge in [0, 0.05) is 49.5 Å². The Morgan fingerprint density at radius 1 is 1.09 bits per heavy atom. The average Bonchev–Trinajstić information content (AvgIpc) is 3.56. The first-order valence-corrected chi connectivity index (χ1v) is 11.8. The number of β-amino-alcohol motifs (C(OH)–C–C–N with tert-alkyl or cyclic N) is 1. The molecule has 1 saturated heterocycles. The van der Waals surface area contributed by atoms with Gasteiger partial charge in [-0.25, -0.2) is 0 Å². The summed E-state index contributed by atoms with van der Waals surface area (Å²) in [6.07, 6.45) is 3.58. The van der Waals surface area contributed by atoms with Crippen LogP contribution in [-0.4, -0.2) is 69.2 Å². The predicted molar refractivity (Wildman–Crippen MR) is 134 cm³/mol. The van der Waals surface area contributed by atoms with E-state index in [2.05, 4.69) is 75.2 Å². The SMILES string of the molecule is CN(C)C[C@H]1CN(c2ccc3c(c2)Cn2cc(-c4ccc(C#N)cc4)cc2-c2nncn2-3)C[C@@H]1O. The van der Waals surface area contributed by atoms with E-state index in [4.69, 9.17) is 5.26 Å². The van der Waals surface area contributed by atoms with Crippen LogP contribution in [-0.2, 0) is 6.54 Å². The van der Waals surface area contributed by atoms with Crippen molar-refractivity contribution in [1.29, 1.82) is 5.26 Å². The van der Waals surface area contributed by atoms with E-state index >= 15 is 0 Å². The molecule has 2 aliphatic heterocycles. The van der Waals surface area contributed by atoms with Crippen LogP contribution in [0.3, 0.4) is 0 Å². The van der Waals surface area contributed by atoms with Crippen molar-refractivity contribution in [1.82, 2.24) is 24.2 Å². The monoisotopic (exact) mass is 465 g/mol. The van der Waals surface area contributed by atoms with Crippen LogP contribution < -0.4 is 4.90 Å². The minimum atomic E-state index is -0.327. The van der Waals surface area contributed by atoms with Crippen LogP contribution in [0.1, 0.15) is 11.1 Å². The van der Waals surface area contributed by atoms with Gasteiger partial charge in [0.1, 0.15) is 6.33 Å². The fraction of sp³-hybridized carbons (Fsp3) is 0.296. The molecule has 0 bridgehead atoms. The van der Waals surface area contributed by atoms with Gasteiger partial charge in [-0.05, 0) is 61.6 Å². The number of nitriles is 1. The van der Waals surface area contributed by atoms with E-state index in [0.29, 0.717) is 18.7 Å². The first-order valence-electron chi connectivity index (χ1n) is 11.8. The number of fused-ring (bicyclic) bond motifs is 5. The second-order valence-electron chi connectivity index (χ2n) is 9.76. The molecule has 2 atom stereocenters. The van der Waals surface area contributed by atoms with Gasteiger partial charge in [0.05, 0.1) is 29.1 Å². The van der Waals surface area contributed by atoms with Gasteiger partial charge < -0.3 is 19.5 Å². The molecule has 0 unspecified atom stereocenters. The molecule has 8 nitrogen and oxygen atoms in total. The van der Waals surface area contributed by atoms with Crippen molar-refractivity contribution in [2.24, 2.45) is 5.92 Å². The van der Waals surface area contributed by atoms with E-state index in [0.717, 1.165) is 47.1 Å². The molecule has 1 N–H and O–H groups in total. The van der Waals surface area contributed by atoms with Gasteiger partial charge in [0.25, 0.3) is 0 Å². The van der Waals surface area contributed by atoms with Gasteiger partial charge in [-0.15, -0.1) is 10.2 Å². The Hall–Kier alpha value is -3.93. The van der Waals surface area contributed by atoms with E-state index < -0.39 is 0 Å². The lowest BCUT2D eigenvalue weighted by Crippen LogP contribution is -2.29. The molecular formula is C27H27N7O. The topological polar surface area (TPSA) is 86.1 Å². The summed E-state index contributed by atoms with van der Waals surface area (Å²) in [5, 5.41) is 28.4. The first-order chi connectivity index (χ1) is 17.0. The van der Waals surface area contributed by atoms with Crippen molar-refractivity contribution < 1.29 is 5.11 Å². The maximum atomic E-state index is 10.6. The number of hydrogen-bond acceptors (Lipinski definition) is 6. The summed E-state index contributed by atoms with van der Waals surface area (Å²) in [5.41, 5.74) is 7.16. The normalized spacial score (nSPS) is 18.7. The number of aliphatic hydroxyl groups is 1.